The number of anilines is 1. The molecule has 0 unspecified atom stereocenters. The maximum atomic E-state index is 12.3. The maximum Gasteiger partial charge on any atom is 0.317 e. The molecule has 128 valence electrons. The quantitative estimate of drug-likeness (QED) is 0.871. The maximum absolute atomic E-state index is 12.3. The number of nitrogens with one attached hydrogen (secondary N) is 1. The van der Waals surface area contributed by atoms with Gasteiger partial charge in [-0.1, -0.05) is 23.7 Å². The molecule has 3 rings (SSSR count). The summed E-state index contributed by atoms with van der Waals surface area (Å²) < 4.78 is 5.77. The van der Waals surface area contributed by atoms with Gasteiger partial charge in [0.05, 0.1) is 18.8 Å². The number of benzene rings is 1. The molecule has 1 saturated heterocycles. The van der Waals surface area contributed by atoms with Crippen LogP contribution in [0.3, 0.4) is 0 Å². The molecule has 0 spiro atoms. The highest BCUT2D eigenvalue weighted by Crippen LogP contribution is 2.23. The van der Waals surface area contributed by atoms with Gasteiger partial charge in [-0.3, -0.25) is 0 Å². The third kappa shape index (κ3) is 4.37. The Labute approximate surface area is 149 Å². The number of carbonyl (C=O) groups excluding carboxylic acids is 1. The lowest BCUT2D eigenvalue weighted by Gasteiger charge is -2.33. The zero-order chi connectivity index (χ0) is 16.9. The molecule has 2 heterocycles. The summed E-state index contributed by atoms with van der Waals surface area (Å²) in [5.41, 5.74) is 7.52. The number of nitrogen functional groups attached to an aromatic ring is 1. The van der Waals surface area contributed by atoms with Gasteiger partial charge < -0.3 is 20.7 Å². The van der Waals surface area contributed by atoms with Crippen molar-refractivity contribution in [3.63, 3.8) is 0 Å². The molecule has 8 heteroatoms. The van der Waals surface area contributed by atoms with Crippen molar-refractivity contribution in [1.82, 2.24) is 15.2 Å². The third-order valence-corrected chi connectivity index (χ3v) is 4.80. The molecule has 3 N–H and O–H groups in total. The van der Waals surface area contributed by atoms with Crippen LogP contribution in [0.2, 0.25) is 5.02 Å². The highest BCUT2D eigenvalue weighted by molar-refractivity contribution is 7.13. The summed E-state index contributed by atoms with van der Waals surface area (Å²) in [6.45, 7) is 2.16. The minimum atomic E-state index is -0.125. The Morgan fingerprint density at radius 3 is 2.96 bits per heavy atom. The smallest absolute Gasteiger partial charge is 0.317 e. The average Bonchev–Trinajstić information content (AvgIpc) is 3.01. The number of hydrogen-bond acceptors (Lipinski definition) is 5. The Kier molecular flexibility index (Phi) is 5.55. The Morgan fingerprint density at radius 1 is 1.46 bits per heavy atom. The molecule has 0 saturated carbocycles. The van der Waals surface area contributed by atoms with E-state index in [1.54, 1.807) is 4.90 Å². The van der Waals surface area contributed by atoms with Gasteiger partial charge in [-0.05, 0) is 17.7 Å². The molecular formula is C16H19ClN4O2S. The summed E-state index contributed by atoms with van der Waals surface area (Å²) in [6.07, 6.45) is 0.546. The van der Waals surface area contributed by atoms with Crippen LogP contribution in [-0.2, 0) is 11.2 Å². The molecule has 2 amide bonds. The van der Waals surface area contributed by atoms with E-state index in [1.807, 2.05) is 29.6 Å². The number of carbonyl (C=O) groups is 1. The fourth-order valence-electron chi connectivity index (χ4n) is 2.56. The standard InChI is InChI=1S/C16H19ClN4O2S/c17-12-3-1-11(2-4-12)14-9-21(7-8-23-14)16(22)19-6-5-13-10-24-15(18)20-13/h1-4,10,14H,5-9H2,(H2,18,20)(H,19,22)/t14-/m1/s1. The van der Waals surface area contributed by atoms with E-state index < -0.39 is 0 Å². The molecular weight excluding hydrogens is 348 g/mol. The summed E-state index contributed by atoms with van der Waals surface area (Å²) in [5, 5.41) is 6.07. The number of amides is 2. The number of halogens is 1. The first kappa shape index (κ1) is 17.0. The monoisotopic (exact) mass is 366 g/mol. The van der Waals surface area contributed by atoms with Gasteiger partial charge in [-0.2, -0.15) is 0 Å². The molecule has 1 fully saturated rings. The first-order chi connectivity index (χ1) is 11.6. The summed E-state index contributed by atoms with van der Waals surface area (Å²) in [6, 6.07) is 7.44. The second kappa shape index (κ2) is 7.83. The molecule has 2 aromatic rings. The van der Waals surface area contributed by atoms with Gasteiger partial charge in [0, 0.05) is 29.9 Å². The summed E-state index contributed by atoms with van der Waals surface area (Å²) in [5.74, 6) is 0. The van der Waals surface area contributed by atoms with Crippen molar-refractivity contribution in [3.05, 3.63) is 45.9 Å². The van der Waals surface area contributed by atoms with Crippen LogP contribution in [0.4, 0.5) is 9.93 Å². The molecule has 0 bridgehead atoms. The van der Waals surface area contributed by atoms with E-state index in [1.165, 1.54) is 11.3 Å². The number of morpholine rings is 1. The van der Waals surface area contributed by atoms with Crippen molar-refractivity contribution in [2.24, 2.45) is 0 Å². The molecule has 1 aromatic heterocycles. The number of rotatable bonds is 4. The minimum Gasteiger partial charge on any atom is -0.375 e. The Hall–Kier alpha value is -1.83. The van der Waals surface area contributed by atoms with Crippen LogP contribution in [0.1, 0.15) is 17.4 Å². The lowest BCUT2D eigenvalue weighted by atomic mass is 10.1. The Morgan fingerprint density at radius 2 is 2.25 bits per heavy atom. The first-order valence-electron chi connectivity index (χ1n) is 7.71. The summed E-state index contributed by atoms with van der Waals surface area (Å²) >= 11 is 7.32. The van der Waals surface area contributed by atoms with E-state index in [9.17, 15) is 4.79 Å². The van der Waals surface area contributed by atoms with Crippen LogP contribution in [0.25, 0.3) is 0 Å². The Bertz CT molecular complexity index is 692. The summed E-state index contributed by atoms with van der Waals surface area (Å²) in [7, 11) is 0. The Balaban J connectivity index is 1.50. The van der Waals surface area contributed by atoms with E-state index in [0.29, 0.717) is 42.8 Å². The van der Waals surface area contributed by atoms with Gasteiger partial charge in [0.1, 0.15) is 6.10 Å². The zero-order valence-corrected chi connectivity index (χ0v) is 14.6. The first-order valence-corrected chi connectivity index (χ1v) is 8.97. The largest absolute Gasteiger partial charge is 0.375 e. The predicted octanol–water partition coefficient (Wildman–Crippen LogP) is 2.70. The van der Waals surface area contributed by atoms with Gasteiger partial charge in [-0.25, -0.2) is 9.78 Å². The fraction of sp³-hybridized carbons (Fsp3) is 0.375. The van der Waals surface area contributed by atoms with E-state index >= 15 is 0 Å². The predicted molar refractivity (Wildman–Crippen MR) is 95.3 cm³/mol. The van der Waals surface area contributed by atoms with Crippen LogP contribution in [0.15, 0.2) is 29.6 Å². The van der Waals surface area contributed by atoms with E-state index in [-0.39, 0.29) is 12.1 Å². The molecule has 0 aliphatic carbocycles. The minimum absolute atomic E-state index is 0.0829. The van der Waals surface area contributed by atoms with Crippen molar-refractivity contribution in [2.45, 2.75) is 12.5 Å². The lowest BCUT2D eigenvalue weighted by molar-refractivity contribution is -0.0153. The second-order valence-corrected chi connectivity index (χ2v) is 6.84. The van der Waals surface area contributed by atoms with Crippen molar-refractivity contribution >= 4 is 34.1 Å². The zero-order valence-electron chi connectivity index (χ0n) is 13.1. The van der Waals surface area contributed by atoms with Crippen molar-refractivity contribution in [2.75, 3.05) is 32.0 Å². The van der Waals surface area contributed by atoms with Crippen molar-refractivity contribution in [1.29, 1.82) is 0 Å². The van der Waals surface area contributed by atoms with Crippen molar-refractivity contribution < 1.29 is 9.53 Å². The molecule has 24 heavy (non-hydrogen) atoms. The van der Waals surface area contributed by atoms with Crippen molar-refractivity contribution in [3.8, 4) is 0 Å². The molecule has 0 radical (unpaired) electrons. The van der Waals surface area contributed by atoms with Gasteiger partial charge >= 0.3 is 6.03 Å². The number of urea groups is 1. The molecule has 1 atom stereocenters. The second-order valence-electron chi connectivity index (χ2n) is 5.52. The highest BCUT2D eigenvalue weighted by Gasteiger charge is 2.25. The number of aromatic nitrogens is 1. The number of nitrogens with zero attached hydrogens (tertiary/aromatic N) is 2. The van der Waals surface area contributed by atoms with Crippen LogP contribution < -0.4 is 11.1 Å². The summed E-state index contributed by atoms with van der Waals surface area (Å²) in [4.78, 5) is 18.3. The third-order valence-electron chi connectivity index (χ3n) is 3.82. The van der Waals surface area contributed by atoms with Gasteiger partial charge in [0.15, 0.2) is 5.13 Å². The number of nitrogens with two attached hydrogens (primary N) is 1. The number of thiazole rings is 1. The number of hydrogen-bond donors (Lipinski definition) is 2. The fourth-order valence-corrected chi connectivity index (χ4v) is 3.28. The molecule has 1 aromatic carbocycles. The van der Waals surface area contributed by atoms with E-state index in [2.05, 4.69) is 10.3 Å². The highest BCUT2D eigenvalue weighted by atomic mass is 35.5. The van der Waals surface area contributed by atoms with Crippen LogP contribution in [0.5, 0.6) is 0 Å². The van der Waals surface area contributed by atoms with Gasteiger partial charge in [0.25, 0.3) is 0 Å². The van der Waals surface area contributed by atoms with Gasteiger partial charge in [-0.15, -0.1) is 11.3 Å². The topological polar surface area (TPSA) is 80.5 Å². The molecule has 1 aliphatic rings. The average molecular weight is 367 g/mol. The van der Waals surface area contributed by atoms with E-state index in [0.717, 1.165) is 11.3 Å². The lowest BCUT2D eigenvalue weighted by Crippen LogP contribution is -2.47. The van der Waals surface area contributed by atoms with E-state index in [4.69, 9.17) is 22.1 Å². The van der Waals surface area contributed by atoms with Crippen LogP contribution in [-0.4, -0.2) is 42.2 Å². The SMILES string of the molecule is Nc1nc(CCNC(=O)N2CCO[C@@H](c3ccc(Cl)cc3)C2)cs1. The normalized spacial score (nSPS) is 17.7. The molecule has 6 nitrogen and oxygen atoms in total. The van der Waals surface area contributed by atoms with Crippen LogP contribution >= 0.6 is 22.9 Å². The van der Waals surface area contributed by atoms with Gasteiger partial charge in [0.2, 0.25) is 0 Å². The molecule has 1 aliphatic heterocycles. The van der Waals surface area contributed by atoms with Crippen LogP contribution in [0, 0.1) is 0 Å². The number of ether oxygens (including phenoxy) is 1.